The zero-order valence-corrected chi connectivity index (χ0v) is 12.1. The van der Waals surface area contributed by atoms with Gasteiger partial charge in [-0.15, -0.1) is 0 Å². The van der Waals surface area contributed by atoms with Gasteiger partial charge in [-0.25, -0.2) is 8.78 Å². The smallest absolute Gasteiger partial charge is 0.159 e. The van der Waals surface area contributed by atoms with E-state index >= 15 is 0 Å². The van der Waals surface area contributed by atoms with Crippen LogP contribution >= 0.6 is 0 Å². The highest BCUT2D eigenvalue weighted by molar-refractivity contribution is 5.25. The highest BCUT2D eigenvalue weighted by Crippen LogP contribution is 2.63. The number of rotatable bonds is 3. The number of hydrogen-bond donors (Lipinski definition) is 2. The van der Waals surface area contributed by atoms with E-state index in [1.54, 1.807) is 6.07 Å². The summed E-state index contributed by atoms with van der Waals surface area (Å²) in [5, 5.41) is 0. The molecule has 4 fully saturated rings. The second-order valence-corrected chi connectivity index (χ2v) is 7.55. The van der Waals surface area contributed by atoms with Gasteiger partial charge in [0.25, 0.3) is 0 Å². The molecule has 0 heterocycles. The van der Waals surface area contributed by atoms with Crippen LogP contribution < -0.4 is 11.3 Å². The van der Waals surface area contributed by atoms with Gasteiger partial charge in [0.1, 0.15) is 0 Å². The van der Waals surface area contributed by atoms with Crippen LogP contribution in [0.1, 0.15) is 50.1 Å². The van der Waals surface area contributed by atoms with Crippen molar-refractivity contribution in [2.45, 2.75) is 44.6 Å². The second kappa shape index (κ2) is 4.75. The molecule has 1 atom stereocenters. The van der Waals surface area contributed by atoms with Gasteiger partial charge >= 0.3 is 0 Å². The highest BCUT2D eigenvalue weighted by atomic mass is 19.2. The molecule has 4 aliphatic rings. The second-order valence-electron chi connectivity index (χ2n) is 7.55. The summed E-state index contributed by atoms with van der Waals surface area (Å²) in [5.41, 5.74) is 3.86. The molecule has 0 aliphatic heterocycles. The number of hydrazine groups is 1. The zero-order chi connectivity index (χ0) is 14.6. The van der Waals surface area contributed by atoms with Crippen LogP contribution in [0.4, 0.5) is 8.78 Å². The lowest BCUT2D eigenvalue weighted by Gasteiger charge is -2.59. The fraction of sp³-hybridized carbons (Fsp3) is 0.647. The topological polar surface area (TPSA) is 38.0 Å². The Morgan fingerprint density at radius 2 is 1.57 bits per heavy atom. The average molecular weight is 292 g/mol. The van der Waals surface area contributed by atoms with Gasteiger partial charge in [0.2, 0.25) is 0 Å². The standard InChI is InChI=1S/C17H22F2N2/c18-14-2-1-13(6-15(14)19)16(21-20)17-7-10-3-11(8-17)5-12(4-10)9-17/h1-2,6,10-12,16,21H,3-5,7-9,20H2. The first-order valence-corrected chi connectivity index (χ1v) is 8.01. The van der Waals surface area contributed by atoms with Crippen LogP contribution in [-0.2, 0) is 0 Å². The molecule has 114 valence electrons. The Balaban J connectivity index is 1.70. The third kappa shape index (κ3) is 2.11. The van der Waals surface area contributed by atoms with Crippen LogP contribution in [0.25, 0.3) is 0 Å². The lowest BCUT2D eigenvalue weighted by molar-refractivity contribution is -0.0749. The number of nitrogens with one attached hydrogen (secondary N) is 1. The zero-order valence-electron chi connectivity index (χ0n) is 12.1. The molecule has 1 unspecified atom stereocenters. The fourth-order valence-corrected chi connectivity index (χ4v) is 5.85. The Morgan fingerprint density at radius 3 is 2.05 bits per heavy atom. The molecular formula is C17H22F2N2. The van der Waals surface area contributed by atoms with Crippen molar-refractivity contribution < 1.29 is 8.78 Å². The van der Waals surface area contributed by atoms with Crippen LogP contribution in [0.5, 0.6) is 0 Å². The SMILES string of the molecule is NNC(c1ccc(F)c(F)c1)C12CC3CC(CC(C3)C1)C2. The Bertz CT molecular complexity index is 522. The van der Waals surface area contributed by atoms with Crippen molar-refractivity contribution in [2.75, 3.05) is 0 Å². The molecule has 2 nitrogen and oxygen atoms in total. The van der Waals surface area contributed by atoms with Crippen molar-refractivity contribution >= 4 is 0 Å². The predicted octanol–water partition coefficient (Wildman–Crippen LogP) is 3.69. The van der Waals surface area contributed by atoms with E-state index in [0.29, 0.717) is 0 Å². The molecule has 4 saturated carbocycles. The van der Waals surface area contributed by atoms with Crippen molar-refractivity contribution in [3.8, 4) is 0 Å². The molecule has 0 saturated heterocycles. The minimum atomic E-state index is -0.792. The van der Waals surface area contributed by atoms with E-state index in [1.165, 1.54) is 50.7 Å². The van der Waals surface area contributed by atoms with Gasteiger partial charge in [-0.05, 0) is 79.4 Å². The van der Waals surface area contributed by atoms with E-state index in [-0.39, 0.29) is 11.5 Å². The van der Waals surface area contributed by atoms with Gasteiger partial charge in [-0.3, -0.25) is 11.3 Å². The van der Waals surface area contributed by atoms with E-state index in [0.717, 1.165) is 23.3 Å². The summed E-state index contributed by atoms with van der Waals surface area (Å²) in [6.07, 6.45) is 7.59. The molecule has 0 aromatic heterocycles. The van der Waals surface area contributed by atoms with Gasteiger partial charge < -0.3 is 0 Å². The quantitative estimate of drug-likeness (QED) is 0.659. The van der Waals surface area contributed by atoms with Crippen LogP contribution in [-0.4, -0.2) is 0 Å². The van der Waals surface area contributed by atoms with Crippen molar-refractivity contribution in [3.63, 3.8) is 0 Å². The van der Waals surface area contributed by atoms with Crippen molar-refractivity contribution in [3.05, 3.63) is 35.4 Å². The molecule has 0 spiro atoms. The fourth-order valence-electron chi connectivity index (χ4n) is 5.85. The van der Waals surface area contributed by atoms with Crippen molar-refractivity contribution in [1.82, 2.24) is 5.43 Å². The Labute approximate surface area is 124 Å². The minimum absolute atomic E-state index is 0.0685. The van der Waals surface area contributed by atoms with Crippen LogP contribution in [0.2, 0.25) is 0 Å². The Kier molecular flexibility index (Phi) is 3.09. The number of benzene rings is 1. The van der Waals surface area contributed by atoms with E-state index in [1.807, 2.05) is 0 Å². The monoisotopic (exact) mass is 292 g/mol. The predicted molar refractivity (Wildman–Crippen MR) is 77.0 cm³/mol. The summed E-state index contributed by atoms with van der Waals surface area (Å²) in [5.74, 6) is 6.69. The van der Waals surface area contributed by atoms with Gasteiger partial charge in [0.15, 0.2) is 11.6 Å². The van der Waals surface area contributed by atoms with Gasteiger partial charge in [-0.1, -0.05) is 6.07 Å². The molecule has 4 aliphatic carbocycles. The molecule has 21 heavy (non-hydrogen) atoms. The maximum Gasteiger partial charge on any atom is 0.159 e. The molecule has 5 rings (SSSR count). The summed E-state index contributed by atoms with van der Waals surface area (Å²) in [7, 11) is 0. The van der Waals surface area contributed by atoms with E-state index in [4.69, 9.17) is 5.84 Å². The van der Waals surface area contributed by atoms with E-state index in [9.17, 15) is 8.78 Å². The van der Waals surface area contributed by atoms with Gasteiger partial charge in [-0.2, -0.15) is 0 Å². The molecule has 4 heteroatoms. The first-order chi connectivity index (χ1) is 10.1. The normalized spacial score (nSPS) is 38.7. The summed E-state index contributed by atoms with van der Waals surface area (Å²) < 4.78 is 26.8. The minimum Gasteiger partial charge on any atom is -0.271 e. The van der Waals surface area contributed by atoms with E-state index in [2.05, 4.69) is 5.43 Å². The summed E-state index contributed by atoms with van der Waals surface area (Å²) in [6.45, 7) is 0. The molecule has 3 N–H and O–H groups in total. The Morgan fingerprint density at radius 1 is 1.00 bits per heavy atom. The van der Waals surface area contributed by atoms with Crippen LogP contribution in [0.3, 0.4) is 0 Å². The maximum absolute atomic E-state index is 13.6. The third-order valence-corrected chi connectivity index (χ3v) is 6.14. The van der Waals surface area contributed by atoms with Crippen molar-refractivity contribution in [2.24, 2.45) is 29.0 Å². The molecule has 0 radical (unpaired) electrons. The molecule has 4 bridgehead atoms. The largest absolute Gasteiger partial charge is 0.271 e. The number of nitrogens with two attached hydrogens (primary N) is 1. The summed E-state index contributed by atoms with van der Waals surface area (Å²) >= 11 is 0. The highest BCUT2D eigenvalue weighted by Gasteiger charge is 2.54. The average Bonchev–Trinajstić information content (AvgIpc) is 2.41. The summed E-state index contributed by atoms with van der Waals surface area (Å²) in [4.78, 5) is 0. The first kappa shape index (κ1) is 13.6. The first-order valence-electron chi connectivity index (χ1n) is 8.01. The third-order valence-electron chi connectivity index (χ3n) is 6.14. The number of hydrogen-bond acceptors (Lipinski definition) is 2. The Hall–Kier alpha value is -1.00. The number of halogens is 2. The van der Waals surface area contributed by atoms with Crippen molar-refractivity contribution in [1.29, 1.82) is 0 Å². The molecule has 1 aromatic rings. The summed E-state index contributed by atoms with van der Waals surface area (Å²) in [6, 6.07) is 4.15. The molecule has 1 aromatic carbocycles. The van der Waals surface area contributed by atoms with Crippen LogP contribution in [0.15, 0.2) is 18.2 Å². The molecular weight excluding hydrogens is 270 g/mol. The molecule has 0 amide bonds. The lowest BCUT2D eigenvalue weighted by Crippen LogP contribution is -2.53. The van der Waals surface area contributed by atoms with E-state index < -0.39 is 11.6 Å². The lowest BCUT2D eigenvalue weighted by atomic mass is 9.47. The maximum atomic E-state index is 13.6. The van der Waals surface area contributed by atoms with Crippen LogP contribution in [0, 0.1) is 34.8 Å². The van der Waals surface area contributed by atoms with Gasteiger partial charge in [0, 0.05) is 0 Å². The van der Waals surface area contributed by atoms with Gasteiger partial charge in [0.05, 0.1) is 6.04 Å².